The van der Waals surface area contributed by atoms with E-state index in [9.17, 15) is 14.9 Å². The number of aromatic nitrogens is 2. The fourth-order valence-corrected chi connectivity index (χ4v) is 5.21. The van der Waals surface area contributed by atoms with E-state index in [2.05, 4.69) is 10.1 Å². The molecule has 0 unspecified atom stereocenters. The maximum absolute atomic E-state index is 13.0. The molecule has 31 heavy (non-hydrogen) atoms. The molecule has 1 aromatic carbocycles. The number of hydrogen-bond donors (Lipinski definition) is 0. The number of nitro benzene ring substituents is 1. The fourth-order valence-electron chi connectivity index (χ4n) is 3.72. The smallest absolute Gasteiger partial charge is 0.282 e. The molecule has 0 spiro atoms. The van der Waals surface area contributed by atoms with Crippen molar-refractivity contribution in [2.24, 2.45) is 5.10 Å². The lowest BCUT2D eigenvalue weighted by Crippen LogP contribution is -2.17. The van der Waals surface area contributed by atoms with Crippen molar-refractivity contribution in [1.82, 2.24) is 9.66 Å². The number of hydrogen-bond acceptors (Lipinski definition) is 7. The van der Waals surface area contributed by atoms with Gasteiger partial charge in [-0.25, -0.2) is 4.98 Å². The molecule has 10 heteroatoms. The first-order valence-electron chi connectivity index (χ1n) is 9.61. The van der Waals surface area contributed by atoms with Crippen molar-refractivity contribution < 1.29 is 9.34 Å². The van der Waals surface area contributed by atoms with E-state index in [-0.39, 0.29) is 16.3 Å². The zero-order valence-corrected chi connectivity index (χ0v) is 17.7. The van der Waals surface area contributed by atoms with Crippen LogP contribution in [0.4, 0.5) is 5.69 Å². The summed E-state index contributed by atoms with van der Waals surface area (Å²) < 4.78 is 6.95. The van der Waals surface area contributed by atoms with Gasteiger partial charge in [0.15, 0.2) is 0 Å². The minimum atomic E-state index is -0.511. The van der Waals surface area contributed by atoms with Crippen LogP contribution in [0.5, 0.6) is 0 Å². The zero-order chi connectivity index (χ0) is 21.5. The standard InChI is InChI=1S/C21H15ClN4O4S/c22-16-9-12(26(28)29)5-7-14(16)17-8-6-13(30-17)10-24-25-11-23-20-19(21(25)27)15-3-1-2-4-18(15)31-20/h5-11H,1-4H2/b24-10+. The van der Waals surface area contributed by atoms with Gasteiger partial charge in [0.1, 0.15) is 22.7 Å². The molecule has 0 bridgehead atoms. The van der Waals surface area contributed by atoms with Crippen LogP contribution in [0.1, 0.15) is 29.0 Å². The number of fused-ring (bicyclic) bond motifs is 3. The second-order valence-corrected chi connectivity index (χ2v) is 8.64. The molecule has 3 aromatic heterocycles. The molecule has 0 aliphatic heterocycles. The van der Waals surface area contributed by atoms with Crippen molar-refractivity contribution in [3.8, 4) is 11.3 Å². The maximum atomic E-state index is 13.0. The summed E-state index contributed by atoms with van der Waals surface area (Å²) >= 11 is 7.76. The number of aryl methyl sites for hydroxylation is 2. The number of benzene rings is 1. The van der Waals surface area contributed by atoms with Crippen LogP contribution >= 0.6 is 22.9 Å². The van der Waals surface area contributed by atoms with Crippen molar-refractivity contribution in [3.63, 3.8) is 0 Å². The molecule has 8 nitrogen and oxygen atoms in total. The lowest BCUT2D eigenvalue weighted by molar-refractivity contribution is -0.384. The molecule has 0 saturated carbocycles. The predicted molar refractivity (Wildman–Crippen MR) is 119 cm³/mol. The molecule has 156 valence electrons. The van der Waals surface area contributed by atoms with Gasteiger partial charge in [0.2, 0.25) is 0 Å². The third kappa shape index (κ3) is 3.55. The van der Waals surface area contributed by atoms with Crippen molar-refractivity contribution in [2.75, 3.05) is 0 Å². The summed E-state index contributed by atoms with van der Waals surface area (Å²) in [4.78, 5) is 29.7. The summed E-state index contributed by atoms with van der Waals surface area (Å²) in [6.45, 7) is 0. The zero-order valence-electron chi connectivity index (χ0n) is 16.1. The highest BCUT2D eigenvalue weighted by Crippen LogP contribution is 2.34. The quantitative estimate of drug-likeness (QED) is 0.244. The Morgan fingerprint density at radius 1 is 1.26 bits per heavy atom. The highest BCUT2D eigenvalue weighted by Gasteiger charge is 2.20. The first-order valence-corrected chi connectivity index (χ1v) is 10.8. The second kappa shape index (κ2) is 7.75. The molecule has 3 heterocycles. The average Bonchev–Trinajstić information content (AvgIpc) is 3.38. The van der Waals surface area contributed by atoms with Crippen LogP contribution in [-0.4, -0.2) is 20.8 Å². The molecule has 0 amide bonds. The average molecular weight is 455 g/mol. The van der Waals surface area contributed by atoms with Gasteiger partial charge in [-0.3, -0.25) is 14.9 Å². The van der Waals surface area contributed by atoms with Gasteiger partial charge in [0, 0.05) is 22.6 Å². The molecule has 0 N–H and O–H groups in total. The van der Waals surface area contributed by atoms with Gasteiger partial charge in [0.25, 0.3) is 11.2 Å². The maximum Gasteiger partial charge on any atom is 0.282 e. The van der Waals surface area contributed by atoms with E-state index in [1.165, 1.54) is 40.3 Å². The molecule has 4 aromatic rings. The van der Waals surface area contributed by atoms with Gasteiger partial charge < -0.3 is 4.42 Å². The van der Waals surface area contributed by atoms with E-state index in [1.54, 1.807) is 23.5 Å². The summed E-state index contributed by atoms with van der Waals surface area (Å²) in [7, 11) is 0. The number of nitrogens with zero attached hydrogens (tertiary/aromatic N) is 4. The van der Waals surface area contributed by atoms with Crippen molar-refractivity contribution in [2.45, 2.75) is 25.7 Å². The van der Waals surface area contributed by atoms with E-state index < -0.39 is 4.92 Å². The van der Waals surface area contributed by atoms with Gasteiger partial charge in [-0.2, -0.15) is 9.78 Å². The van der Waals surface area contributed by atoms with Crippen LogP contribution in [-0.2, 0) is 12.8 Å². The Bertz CT molecular complexity index is 1420. The summed E-state index contributed by atoms with van der Waals surface area (Å²) in [5, 5.41) is 16.0. The van der Waals surface area contributed by atoms with Crippen molar-refractivity contribution in [3.05, 3.63) is 78.4 Å². The summed E-state index contributed by atoms with van der Waals surface area (Å²) in [5.74, 6) is 0.845. The van der Waals surface area contributed by atoms with Gasteiger partial charge in [-0.15, -0.1) is 11.3 Å². The van der Waals surface area contributed by atoms with Crippen LogP contribution in [0, 0.1) is 10.1 Å². The number of nitro groups is 1. The van der Waals surface area contributed by atoms with Crippen LogP contribution in [0.15, 0.2) is 51.0 Å². The Morgan fingerprint density at radius 2 is 2.10 bits per heavy atom. The SMILES string of the molecule is O=c1c2c3c(sc2ncn1/N=C/c1ccc(-c2ccc([N+](=O)[O-])cc2Cl)o1)CCCC3. The van der Waals surface area contributed by atoms with E-state index in [4.69, 9.17) is 16.0 Å². The van der Waals surface area contributed by atoms with Crippen molar-refractivity contribution >= 4 is 45.1 Å². The Kier molecular flexibility index (Phi) is 4.91. The van der Waals surface area contributed by atoms with Gasteiger partial charge in [-0.05, 0) is 49.4 Å². The molecule has 0 radical (unpaired) electrons. The van der Waals surface area contributed by atoms with E-state index in [1.807, 2.05) is 0 Å². The number of rotatable bonds is 4. The number of non-ortho nitro benzene ring substituents is 1. The summed E-state index contributed by atoms with van der Waals surface area (Å²) in [6.07, 6.45) is 6.97. The topological polar surface area (TPSA) is 104 Å². The minimum Gasteiger partial charge on any atom is -0.455 e. The van der Waals surface area contributed by atoms with Gasteiger partial charge in [-0.1, -0.05) is 11.6 Å². The lowest BCUT2D eigenvalue weighted by atomic mass is 9.97. The number of furan rings is 1. The minimum absolute atomic E-state index is 0.0972. The molecule has 5 rings (SSSR count). The van der Waals surface area contributed by atoms with Gasteiger partial charge in [0.05, 0.1) is 21.5 Å². The number of thiophene rings is 1. The highest BCUT2D eigenvalue weighted by molar-refractivity contribution is 7.18. The third-order valence-electron chi connectivity index (χ3n) is 5.22. The molecule has 0 saturated heterocycles. The Balaban J connectivity index is 1.45. The highest BCUT2D eigenvalue weighted by atomic mass is 35.5. The number of halogens is 1. The van der Waals surface area contributed by atoms with E-state index >= 15 is 0 Å². The largest absolute Gasteiger partial charge is 0.455 e. The molecular weight excluding hydrogens is 440 g/mol. The van der Waals surface area contributed by atoms with Crippen LogP contribution < -0.4 is 5.56 Å². The second-order valence-electron chi connectivity index (χ2n) is 7.15. The van der Waals surface area contributed by atoms with E-state index in [0.29, 0.717) is 22.5 Å². The Hall–Kier alpha value is -3.30. The Labute approximate surface area is 184 Å². The summed E-state index contributed by atoms with van der Waals surface area (Å²) in [6, 6.07) is 7.53. The fraction of sp³-hybridized carbons (Fsp3) is 0.190. The van der Waals surface area contributed by atoms with Crippen molar-refractivity contribution in [1.29, 1.82) is 0 Å². The van der Waals surface area contributed by atoms with Crippen LogP contribution in [0.2, 0.25) is 5.02 Å². The van der Waals surface area contributed by atoms with Crippen LogP contribution in [0.3, 0.4) is 0 Å². The molecule has 0 atom stereocenters. The monoisotopic (exact) mass is 454 g/mol. The first-order chi connectivity index (χ1) is 15.0. The van der Waals surface area contributed by atoms with Gasteiger partial charge >= 0.3 is 0 Å². The molecule has 0 fully saturated rings. The molecule has 1 aliphatic rings. The third-order valence-corrected chi connectivity index (χ3v) is 6.74. The Morgan fingerprint density at radius 3 is 2.90 bits per heavy atom. The first kappa shape index (κ1) is 19.7. The molecular formula is C21H15ClN4O4S. The summed E-state index contributed by atoms with van der Waals surface area (Å²) in [5.41, 5.74) is 1.35. The van der Waals surface area contributed by atoms with Crippen LogP contribution in [0.25, 0.3) is 21.5 Å². The predicted octanol–water partition coefficient (Wildman–Crippen LogP) is 5.04. The lowest BCUT2D eigenvalue weighted by Gasteiger charge is -2.09. The molecule has 1 aliphatic carbocycles. The van der Waals surface area contributed by atoms with E-state index in [0.717, 1.165) is 36.1 Å². The normalized spacial score (nSPS) is 13.7.